The van der Waals surface area contributed by atoms with E-state index in [1.807, 2.05) is 57.3 Å². The smallest absolute Gasteiger partial charge is 0.275 e. The summed E-state index contributed by atoms with van der Waals surface area (Å²) in [6.45, 7) is 4.99. The Hall–Kier alpha value is -2.14. The van der Waals surface area contributed by atoms with Crippen LogP contribution < -0.4 is 10.2 Å². The SMILES string of the molecule is CC(C)NC(=O)C[NH+](C)Cc1cc(-c2ccccc2)on1. The van der Waals surface area contributed by atoms with E-state index in [1.165, 1.54) is 0 Å². The highest BCUT2D eigenvalue weighted by Gasteiger charge is 2.14. The van der Waals surface area contributed by atoms with Crippen LogP contribution in [0.5, 0.6) is 0 Å². The molecule has 0 aliphatic rings. The van der Waals surface area contributed by atoms with Gasteiger partial charge < -0.3 is 14.7 Å². The molecule has 0 saturated heterocycles. The lowest BCUT2D eigenvalue weighted by molar-refractivity contribution is -0.885. The number of rotatable bonds is 6. The molecule has 0 saturated carbocycles. The van der Waals surface area contributed by atoms with Crippen molar-refractivity contribution in [3.8, 4) is 11.3 Å². The average Bonchev–Trinajstić information content (AvgIpc) is 2.86. The number of likely N-dealkylation sites (N-methyl/N-ethyl adjacent to an activating group) is 1. The van der Waals surface area contributed by atoms with Crippen molar-refractivity contribution in [3.63, 3.8) is 0 Å². The number of carbonyl (C=O) groups excluding carboxylic acids is 1. The molecule has 2 rings (SSSR count). The molecule has 1 amide bonds. The summed E-state index contributed by atoms with van der Waals surface area (Å²) in [6, 6.07) is 12.0. The first kappa shape index (κ1) is 15.3. The molecular weight excluding hydrogens is 266 g/mol. The Labute approximate surface area is 124 Å². The van der Waals surface area contributed by atoms with E-state index in [-0.39, 0.29) is 11.9 Å². The molecule has 0 radical (unpaired) electrons. The van der Waals surface area contributed by atoms with Crippen molar-refractivity contribution < 1.29 is 14.2 Å². The number of nitrogens with zero attached hydrogens (tertiary/aromatic N) is 1. The molecule has 21 heavy (non-hydrogen) atoms. The molecule has 112 valence electrons. The molecule has 1 aromatic carbocycles. The average molecular weight is 288 g/mol. The van der Waals surface area contributed by atoms with Gasteiger partial charge in [0.25, 0.3) is 5.91 Å². The zero-order valence-corrected chi connectivity index (χ0v) is 12.7. The molecule has 0 aliphatic heterocycles. The van der Waals surface area contributed by atoms with Crippen LogP contribution in [0.15, 0.2) is 40.9 Å². The maximum absolute atomic E-state index is 11.7. The maximum Gasteiger partial charge on any atom is 0.275 e. The van der Waals surface area contributed by atoms with E-state index >= 15 is 0 Å². The molecule has 0 aliphatic carbocycles. The maximum atomic E-state index is 11.7. The number of benzene rings is 1. The first-order valence-electron chi connectivity index (χ1n) is 7.16. The van der Waals surface area contributed by atoms with Crippen LogP contribution in [0, 0.1) is 0 Å². The predicted molar refractivity (Wildman–Crippen MR) is 80.7 cm³/mol. The lowest BCUT2D eigenvalue weighted by Gasteiger charge is -2.13. The zero-order chi connectivity index (χ0) is 15.2. The van der Waals surface area contributed by atoms with Gasteiger partial charge in [-0.15, -0.1) is 0 Å². The molecule has 0 fully saturated rings. The summed E-state index contributed by atoms with van der Waals surface area (Å²) < 4.78 is 5.36. The first-order valence-corrected chi connectivity index (χ1v) is 7.16. The van der Waals surface area contributed by atoms with E-state index in [4.69, 9.17) is 4.52 Å². The fourth-order valence-corrected chi connectivity index (χ4v) is 2.15. The Morgan fingerprint density at radius 1 is 1.33 bits per heavy atom. The summed E-state index contributed by atoms with van der Waals surface area (Å²) in [5.41, 5.74) is 1.86. The van der Waals surface area contributed by atoms with Gasteiger partial charge in [-0.1, -0.05) is 35.5 Å². The van der Waals surface area contributed by atoms with Gasteiger partial charge in [0.1, 0.15) is 12.2 Å². The Bertz CT molecular complexity index is 578. The van der Waals surface area contributed by atoms with E-state index < -0.39 is 0 Å². The largest absolute Gasteiger partial charge is 0.356 e. The molecule has 1 unspecified atom stereocenters. The molecule has 0 spiro atoms. The highest BCUT2D eigenvalue weighted by atomic mass is 16.5. The van der Waals surface area contributed by atoms with E-state index in [2.05, 4.69) is 10.5 Å². The number of carbonyl (C=O) groups is 1. The van der Waals surface area contributed by atoms with Gasteiger partial charge >= 0.3 is 0 Å². The van der Waals surface area contributed by atoms with Gasteiger partial charge in [0.05, 0.1) is 7.05 Å². The second-order valence-corrected chi connectivity index (χ2v) is 5.58. The molecule has 1 atom stereocenters. The van der Waals surface area contributed by atoms with Crippen molar-refractivity contribution in [3.05, 3.63) is 42.1 Å². The molecule has 1 aromatic heterocycles. The minimum Gasteiger partial charge on any atom is -0.356 e. The van der Waals surface area contributed by atoms with E-state index in [0.29, 0.717) is 13.1 Å². The fourth-order valence-electron chi connectivity index (χ4n) is 2.15. The Balaban J connectivity index is 1.92. The van der Waals surface area contributed by atoms with Crippen molar-refractivity contribution in [2.75, 3.05) is 13.6 Å². The summed E-state index contributed by atoms with van der Waals surface area (Å²) in [6.07, 6.45) is 0. The Morgan fingerprint density at radius 3 is 2.71 bits per heavy atom. The number of aromatic nitrogens is 1. The third-order valence-electron chi connectivity index (χ3n) is 3.01. The minimum atomic E-state index is 0.0503. The summed E-state index contributed by atoms with van der Waals surface area (Å²) in [5, 5.41) is 6.96. The van der Waals surface area contributed by atoms with Gasteiger partial charge in [0.2, 0.25) is 0 Å². The standard InChI is InChI=1S/C16H21N3O2/c1-12(2)17-16(20)11-19(3)10-14-9-15(21-18-14)13-7-5-4-6-8-13/h4-9,12H,10-11H2,1-3H3,(H,17,20)/p+1. The molecule has 5 heteroatoms. The van der Waals surface area contributed by atoms with Crippen molar-refractivity contribution in [1.29, 1.82) is 0 Å². The highest BCUT2D eigenvalue weighted by Crippen LogP contribution is 2.19. The van der Waals surface area contributed by atoms with Gasteiger partial charge in [-0.05, 0) is 13.8 Å². The highest BCUT2D eigenvalue weighted by molar-refractivity contribution is 5.77. The van der Waals surface area contributed by atoms with Crippen molar-refractivity contribution in [2.24, 2.45) is 0 Å². The van der Waals surface area contributed by atoms with Crippen LogP contribution in [0.1, 0.15) is 19.5 Å². The minimum absolute atomic E-state index is 0.0503. The molecule has 1 heterocycles. The second kappa shape index (κ2) is 7.04. The normalized spacial score (nSPS) is 12.4. The summed E-state index contributed by atoms with van der Waals surface area (Å²) in [4.78, 5) is 12.8. The number of nitrogens with one attached hydrogen (secondary N) is 2. The van der Waals surface area contributed by atoms with E-state index in [1.54, 1.807) is 0 Å². The first-order chi connectivity index (χ1) is 10.0. The Kier molecular flexibility index (Phi) is 5.11. The van der Waals surface area contributed by atoms with Gasteiger partial charge in [-0.25, -0.2) is 0 Å². The quantitative estimate of drug-likeness (QED) is 0.829. The van der Waals surface area contributed by atoms with Gasteiger partial charge in [0.15, 0.2) is 12.3 Å². The number of quaternary nitrogens is 1. The van der Waals surface area contributed by atoms with Crippen LogP contribution in [0.4, 0.5) is 0 Å². The third-order valence-corrected chi connectivity index (χ3v) is 3.01. The Morgan fingerprint density at radius 2 is 2.05 bits per heavy atom. The summed E-state index contributed by atoms with van der Waals surface area (Å²) >= 11 is 0. The summed E-state index contributed by atoms with van der Waals surface area (Å²) in [7, 11) is 1.97. The second-order valence-electron chi connectivity index (χ2n) is 5.58. The molecular formula is C16H22N3O2+. The molecule has 2 N–H and O–H groups in total. The van der Waals surface area contributed by atoms with Crippen LogP contribution in [0.2, 0.25) is 0 Å². The molecule has 2 aromatic rings. The van der Waals surface area contributed by atoms with Crippen LogP contribution in [-0.4, -0.2) is 30.7 Å². The predicted octanol–water partition coefficient (Wildman–Crippen LogP) is 0.881. The van der Waals surface area contributed by atoms with E-state index in [9.17, 15) is 4.79 Å². The van der Waals surface area contributed by atoms with Crippen LogP contribution >= 0.6 is 0 Å². The lowest BCUT2D eigenvalue weighted by atomic mass is 10.1. The molecule has 5 nitrogen and oxygen atoms in total. The number of hydrogen-bond acceptors (Lipinski definition) is 3. The van der Waals surface area contributed by atoms with Crippen LogP contribution in [0.3, 0.4) is 0 Å². The van der Waals surface area contributed by atoms with Crippen molar-refractivity contribution in [1.82, 2.24) is 10.5 Å². The van der Waals surface area contributed by atoms with Crippen LogP contribution in [0.25, 0.3) is 11.3 Å². The topological polar surface area (TPSA) is 59.6 Å². The van der Waals surface area contributed by atoms with Gasteiger partial charge in [-0.3, -0.25) is 4.79 Å². The fraction of sp³-hybridized carbons (Fsp3) is 0.375. The van der Waals surface area contributed by atoms with Crippen molar-refractivity contribution >= 4 is 5.91 Å². The van der Waals surface area contributed by atoms with Crippen LogP contribution in [-0.2, 0) is 11.3 Å². The summed E-state index contributed by atoms with van der Waals surface area (Å²) in [5.74, 6) is 0.805. The lowest BCUT2D eigenvalue weighted by Crippen LogP contribution is -3.09. The number of amides is 1. The third kappa shape index (κ3) is 4.72. The van der Waals surface area contributed by atoms with Gasteiger partial charge in [0, 0.05) is 17.7 Å². The number of hydrogen-bond donors (Lipinski definition) is 2. The van der Waals surface area contributed by atoms with Crippen molar-refractivity contribution in [2.45, 2.75) is 26.4 Å². The molecule has 0 bridgehead atoms. The zero-order valence-electron chi connectivity index (χ0n) is 12.7. The van der Waals surface area contributed by atoms with E-state index in [0.717, 1.165) is 21.9 Å². The van der Waals surface area contributed by atoms with Gasteiger partial charge in [-0.2, -0.15) is 0 Å². The monoisotopic (exact) mass is 288 g/mol.